The zero-order valence-corrected chi connectivity index (χ0v) is 14.1. The highest BCUT2D eigenvalue weighted by Crippen LogP contribution is 2.27. The van der Waals surface area contributed by atoms with Gasteiger partial charge in [0.25, 0.3) is 5.69 Å². The number of benzene rings is 2. The number of hydrogen-bond acceptors (Lipinski definition) is 6. The van der Waals surface area contributed by atoms with E-state index in [4.69, 9.17) is 10.8 Å². The molecule has 1 aromatic heterocycles. The Morgan fingerprint density at radius 3 is 2.44 bits per heavy atom. The van der Waals surface area contributed by atoms with Gasteiger partial charge in [-0.25, -0.2) is 4.98 Å². The summed E-state index contributed by atoms with van der Waals surface area (Å²) in [4.78, 5) is 15.0. The van der Waals surface area contributed by atoms with Crippen molar-refractivity contribution in [1.82, 2.24) is 9.55 Å². The second-order valence-electron chi connectivity index (χ2n) is 5.29. The summed E-state index contributed by atoms with van der Waals surface area (Å²) in [6, 6.07) is 11.6. The van der Waals surface area contributed by atoms with Crippen molar-refractivity contribution in [2.24, 2.45) is 0 Å². The van der Waals surface area contributed by atoms with Crippen LogP contribution in [0.25, 0.3) is 11.0 Å². The van der Waals surface area contributed by atoms with Crippen LogP contribution in [0.2, 0.25) is 0 Å². The van der Waals surface area contributed by atoms with Crippen LogP contribution in [0.4, 0.5) is 18.9 Å². The van der Waals surface area contributed by atoms with Crippen LogP contribution in [0.15, 0.2) is 58.5 Å². The molecule has 0 radical (unpaired) electrons. The molecule has 1 heterocycles. The molecule has 0 saturated heterocycles. The van der Waals surface area contributed by atoms with Gasteiger partial charge in [-0.05, 0) is 18.2 Å². The van der Waals surface area contributed by atoms with E-state index in [1.54, 1.807) is 30.3 Å². The van der Waals surface area contributed by atoms with Gasteiger partial charge in [0.1, 0.15) is 5.03 Å². The highest BCUT2D eigenvalue weighted by Gasteiger charge is 2.37. The molecule has 0 fully saturated rings. The van der Waals surface area contributed by atoms with Crippen LogP contribution in [0.5, 0.6) is 0 Å². The molecule has 138 valence electrons. The maximum absolute atomic E-state index is 13.1. The van der Waals surface area contributed by atoms with Gasteiger partial charge in [0, 0.05) is 17.0 Å². The van der Waals surface area contributed by atoms with Crippen LogP contribution in [0.1, 0.15) is 0 Å². The Bertz CT molecular complexity index is 1110. The zero-order valence-electron chi connectivity index (χ0n) is 13.3. The first-order valence-corrected chi connectivity index (χ1v) is 8.15. The first kappa shape index (κ1) is 18.6. The molecule has 7 nitrogen and oxygen atoms in total. The van der Waals surface area contributed by atoms with Gasteiger partial charge in [-0.1, -0.05) is 30.0 Å². The van der Waals surface area contributed by atoms with Crippen molar-refractivity contribution in [1.29, 1.82) is 10.8 Å². The molecule has 3 aromatic rings. The summed E-state index contributed by atoms with van der Waals surface area (Å²) < 4.78 is 39.8. The van der Waals surface area contributed by atoms with Gasteiger partial charge in [0.05, 0.1) is 16.0 Å². The number of fused-ring (bicyclic) bond motifs is 1. The van der Waals surface area contributed by atoms with E-state index in [0.717, 1.165) is 30.0 Å². The standard InChI is InChI=1S/C16H10F3N5O2S/c17-16(18,19)15(21)23-12-7-6-9(24(25)26)8-11(12)22-14(13(23)20)27-10-4-2-1-3-5-10/h1-8,20-21H. The largest absolute Gasteiger partial charge is 0.449 e. The second kappa shape index (κ2) is 6.83. The van der Waals surface area contributed by atoms with E-state index in [-0.39, 0.29) is 21.7 Å². The zero-order chi connectivity index (χ0) is 19.8. The molecule has 0 saturated carbocycles. The summed E-state index contributed by atoms with van der Waals surface area (Å²) in [7, 11) is 0. The molecule has 0 aliphatic carbocycles. The van der Waals surface area contributed by atoms with E-state index >= 15 is 0 Å². The molecule has 0 spiro atoms. The summed E-state index contributed by atoms with van der Waals surface area (Å²) in [5, 5.41) is 26.5. The first-order chi connectivity index (χ1) is 12.7. The average molecular weight is 393 g/mol. The Morgan fingerprint density at radius 1 is 1.19 bits per heavy atom. The summed E-state index contributed by atoms with van der Waals surface area (Å²) in [6.07, 6.45) is -5.01. The fourth-order valence-corrected chi connectivity index (χ4v) is 3.16. The monoisotopic (exact) mass is 393 g/mol. The molecule has 11 heteroatoms. The summed E-state index contributed by atoms with van der Waals surface area (Å²) >= 11 is 0.932. The van der Waals surface area contributed by atoms with E-state index < -0.39 is 22.4 Å². The predicted molar refractivity (Wildman–Crippen MR) is 92.0 cm³/mol. The number of rotatable bonds is 3. The minimum absolute atomic E-state index is 0.108. The number of nitro benzene ring substituents is 1. The molecule has 27 heavy (non-hydrogen) atoms. The van der Waals surface area contributed by atoms with Crippen LogP contribution in [0.3, 0.4) is 0 Å². The molecule has 0 bridgehead atoms. The maximum atomic E-state index is 13.1. The van der Waals surface area contributed by atoms with Crippen LogP contribution >= 0.6 is 11.8 Å². The molecule has 0 unspecified atom stereocenters. The number of nitrogens with one attached hydrogen (secondary N) is 2. The molecular weight excluding hydrogens is 383 g/mol. The third kappa shape index (κ3) is 3.67. The van der Waals surface area contributed by atoms with Crippen molar-refractivity contribution in [3.63, 3.8) is 0 Å². The summed E-state index contributed by atoms with van der Waals surface area (Å²) in [5.41, 5.74) is -1.32. The lowest BCUT2D eigenvalue weighted by molar-refractivity contribution is -0.384. The predicted octanol–water partition coefficient (Wildman–Crippen LogP) is 3.96. The number of aromatic nitrogens is 2. The number of non-ortho nitro benzene ring substituents is 1. The van der Waals surface area contributed by atoms with Gasteiger partial charge in [-0.15, -0.1) is 0 Å². The third-order valence-corrected chi connectivity index (χ3v) is 4.49. The molecule has 2 aromatic carbocycles. The molecule has 0 atom stereocenters. The molecule has 0 aliphatic heterocycles. The number of nitrogens with zero attached hydrogens (tertiary/aromatic N) is 3. The van der Waals surface area contributed by atoms with Crippen molar-refractivity contribution in [2.75, 3.05) is 0 Å². The average Bonchev–Trinajstić information content (AvgIpc) is 2.61. The summed E-state index contributed by atoms with van der Waals surface area (Å²) in [6.45, 7) is 0. The van der Waals surface area contributed by atoms with Gasteiger partial charge in [-0.3, -0.25) is 25.5 Å². The second-order valence-corrected chi connectivity index (χ2v) is 6.35. The molecule has 3 rings (SSSR count). The lowest BCUT2D eigenvalue weighted by atomic mass is 10.2. The van der Waals surface area contributed by atoms with Crippen LogP contribution in [-0.4, -0.2) is 26.5 Å². The lowest BCUT2D eigenvalue weighted by Crippen LogP contribution is -2.38. The normalized spacial score (nSPS) is 11.5. The van der Waals surface area contributed by atoms with Crippen molar-refractivity contribution >= 4 is 34.3 Å². The fourth-order valence-electron chi connectivity index (χ4n) is 2.31. The van der Waals surface area contributed by atoms with Gasteiger partial charge < -0.3 is 0 Å². The Balaban J connectivity index is 2.29. The van der Waals surface area contributed by atoms with Crippen molar-refractivity contribution in [3.05, 3.63) is 64.1 Å². The Kier molecular flexibility index (Phi) is 4.70. The minimum atomic E-state index is -5.01. The highest BCUT2D eigenvalue weighted by molar-refractivity contribution is 7.99. The van der Waals surface area contributed by atoms with Crippen LogP contribution < -0.4 is 5.49 Å². The molecule has 2 N–H and O–H groups in total. The third-order valence-electron chi connectivity index (χ3n) is 3.51. The Labute approximate surface area is 153 Å². The molecular formula is C16H10F3N5O2S. The van der Waals surface area contributed by atoms with Crippen LogP contribution in [-0.2, 0) is 0 Å². The summed E-state index contributed by atoms with van der Waals surface area (Å²) in [5.74, 6) is -1.77. The number of nitro groups is 1. The molecule has 0 amide bonds. The van der Waals surface area contributed by atoms with Gasteiger partial charge in [-0.2, -0.15) is 13.2 Å². The van der Waals surface area contributed by atoms with E-state index in [0.29, 0.717) is 9.46 Å². The maximum Gasteiger partial charge on any atom is 0.449 e. The van der Waals surface area contributed by atoms with E-state index in [1.165, 1.54) is 0 Å². The smallest absolute Gasteiger partial charge is 0.282 e. The number of alkyl halides is 3. The SMILES string of the molecule is N=C(n1c(=N)c(Sc2ccccc2)nc2cc([N+](=O)[O-])ccc21)C(F)(F)F. The van der Waals surface area contributed by atoms with Crippen molar-refractivity contribution < 1.29 is 18.1 Å². The Hall–Kier alpha value is -3.21. The molecule has 0 aliphatic rings. The number of halogens is 3. The topological polar surface area (TPSA) is 109 Å². The first-order valence-electron chi connectivity index (χ1n) is 7.33. The Morgan fingerprint density at radius 2 is 1.85 bits per heavy atom. The quantitative estimate of drug-likeness (QED) is 0.304. The van der Waals surface area contributed by atoms with E-state index in [1.807, 2.05) is 0 Å². The highest BCUT2D eigenvalue weighted by atomic mass is 32.2. The van der Waals surface area contributed by atoms with Gasteiger partial charge in [0.15, 0.2) is 5.49 Å². The lowest BCUT2D eigenvalue weighted by Gasteiger charge is -2.16. The van der Waals surface area contributed by atoms with E-state index in [2.05, 4.69) is 4.98 Å². The van der Waals surface area contributed by atoms with Gasteiger partial charge >= 0.3 is 6.18 Å². The van der Waals surface area contributed by atoms with Crippen molar-refractivity contribution in [2.45, 2.75) is 16.1 Å². The van der Waals surface area contributed by atoms with Crippen LogP contribution in [0, 0.1) is 20.9 Å². The van der Waals surface area contributed by atoms with E-state index in [9.17, 15) is 23.3 Å². The van der Waals surface area contributed by atoms with Crippen molar-refractivity contribution in [3.8, 4) is 0 Å². The fraction of sp³-hybridized carbons (Fsp3) is 0.0625. The minimum Gasteiger partial charge on any atom is -0.282 e. The number of hydrogen-bond donors (Lipinski definition) is 2. The van der Waals surface area contributed by atoms with Gasteiger partial charge in [0.2, 0.25) is 5.84 Å².